The Morgan fingerprint density at radius 3 is 1.65 bits per heavy atom. The van der Waals surface area contributed by atoms with Gasteiger partial charge in [0, 0.05) is 51.6 Å². The molecule has 0 spiro atoms. The molecule has 0 bridgehead atoms. The molecule has 0 radical (unpaired) electrons. The number of para-hydroxylation sites is 1. The summed E-state index contributed by atoms with van der Waals surface area (Å²) >= 11 is 3.73. The van der Waals surface area contributed by atoms with Crippen LogP contribution in [0.3, 0.4) is 0 Å². The van der Waals surface area contributed by atoms with E-state index in [0.29, 0.717) is 0 Å². The van der Waals surface area contributed by atoms with Crippen molar-refractivity contribution in [1.29, 1.82) is 0 Å². The number of benzene rings is 9. The molecule has 11 aromatic rings. The fraction of sp³-hybridized carbons (Fsp3) is 0. The molecule has 1 nitrogen and oxygen atoms in total. The average Bonchev–Trinajstić information content (AvgIpc) is 3.83. The van der Waals surface area contributed by atoms with Crippen LogP contribution in [-0.4, -0.2) is 0 Å². The fourth-order valence-corrected chi connectivity index (χ4v) is 10.7. The second-order valence-corrected chi connectivity index (χ2v) is 16.2. The van der Waals surface area contributed by atoms with Crippen LogP contribution in [-0.2, 0) is 0 Å². The minimum absolute atomic E-state index is 1.12. The molecule has 9 aromatic carbocycles. The Labute approximate surface area is 327 Å². The predicted molar refractivity (Wildman–Crippen MR) is 241 cm³/mol. The van der Waals surface area contributed by atoms with Gasteiger partial charge >= 0.3 is 0 Å². The second kappa shape index (κ2) is 13.1. The monoisotopic (exact) mass is 735 g/mol. The third kappa shape index (κ3) is 5.35. The number of rotatable bonds is 6. The van der Waals surface area contributed by atoms with Gasteiger partial charge in [-0.3, -0.25) is 0 Å². The van der Waals surface area contributed by atoms with E-state index >= 15 is 0 Å². The van der Waals surface area contributed by atoms with Crippen LogP contribution in [0.4, 0.5) is 17.1 Å². The molecule has 0 saturated heterocycles. The number of nitrogens with zero attached hydrogens (tertiary/aromatic N) is 1. The lowest BCUT2D eigenvalue weighted by Gasteiger charge is -2.29. The highest BCUT2D eigenvalue weighted by Crippen LogP contribution is 2.49. The Bertz CT molecular complexity index is 3230. The zero-order chi connectivity index (χ0) is 36.3. The SMILES string of the molecule is c1cc(-c2cccc(N(c3ccccc3-c3cccc4sc5ccccc5c34)c3cccc4sc5ccccc5c34)c2)cc(-c2cccc3ccccc23)c1. The summed E-state index contributed by atoms with van der Waals surface area (Å²) in [6.45, 7) is 0. The molecule has 0 fully saturated rings. The number of anilines is 3. The van der Waals surface area contributed by atoms with Crippen molar-refractivity contribution >= 4 is 90.9 Å². The fourth-order valence-electron chi connectivity index (χ4n) is 8.41. The topological polar surface area (TPSA) is 3.24 Å². The third-order valence-electron chi connectivity index (χ3n) is 10.9. The summed E-state index contributed by atoms with van der Waals surface area (Å²) < 4.78 is 5.20. The smallest absolute Gasteiger partial charge is 0.0555 e. The normalized spacial score (nSPS) is 11.6. The summed E-state index contributed by atoms with van der Waals surface area (Å²) in [5.41, 5.74) is 10.7. The molecule has 0 aliphatic carbocycles. The molecule has 0 aliphatic rings. The van der Waals surface area contributed by atoms with Gasteiger partial charge in [0.1, 0.15) is 0 Å². The van der Waals surface area contributed by atoms with Crippen molar-refractivity contribution in [2.45, 2.75) is 0 Å². The summed E-state index contributed by atoms with van der Waals surface area (Å²) in [5.74, 6) is 0. The van der Waals surface area contributed by atoms with Gasteiger partial charge < -0.3 is 4.90 Å². The summed E-state index contributed by atoms with van der Waals surface area (Å²) in [4.78, 5) is 2.50. The van der Waals surface area contributed by atoms with Crippen molar-refractivity contribution in [3.63, 3.8) is 0 Å². The van der Waals surface area contributed by atoms with E-state index in [-0.39, 0.29) is 0 Å². The van der Waals surface area contributed by atoms with Gasteiger partial charge in [0.05, 0.1) is 11.4 Å². The van der Waals surface area contributed by atoms with Crippen LogP contribution in [0.25, 0.3) is 84.5 Å². The van der Waals surface area contributed by atoms with Crippen molar-refractivity contribution in [2.75, 3.05) is 4.90 Å². The maximum Gasteiger partial charge on any atom is 0.0555 e. The molecule has 0 atom stereocenters. The van der Waals surface area contributed by atoms with E-state index < -0.39 is 0 Å². The van der Waals surface area contributed by atoms with E-state index in [1.165, 1.54) is 90.2 Å². The van der Waals surface area contributed by atoms with E-state index in [0.717, 1.165) is 11.4 Å². The molecule has 0 N–H and O–H groups in total. The van der Waals surface area contributed by atoms with Gasteiger partial charge in [0.2, 0.25) is 0 Å². The Hall–Kier alpha value is -6.52. The highest BCUT2D eigenvalue weighted by atomic mass is 32.1. The lowest BCUT2D eigenvalue weighted by molar-refractivity contribution is 1.30. The van der Waals surface area contributed by atoms with Crippen molar-refractivity contribution in [3.8, 4) is 33.4 Å². The Balaban J connectivity index is 1.14. The van der Waals surface area contributed by atoms with Crippen molar-refractivity contribution in [3.05, 3.63) is 200 Å². The zero-order valence-electron chi connectivity index (χ0n) is 29.8. The molecule has 2 aromatic heterocycles. The minimum Gasteiger partial charge on any atom is -0.309 e. The first-order chi connectivity index (χ1) is 27.3. The van der Waals surface area contributed by atoms with E-state index in [2.05, 4.69) is 205 Å². The zero-order valence-corrected chi connectivity index (χ0v) is 31.4. The number of hydrogen-bond acceptors (Lipinski definition) is 3. The molecule has 0 unspecified atom stereocenters. The van der Waals surface area contributed by atoms with Crippen molar-refractivity contribution in [2.24, 2.45) is 0 Å². The Morgan fingerprint density at radius 2 is 0.818 bits per heavy atom. The van der Waals surface area contributed by atoms with Gasteiger partial charge in [-0.2, -0.15) is 0 Å². The standard InChI is InChI=1S/C52H33NS2/c1-2-20-39-34(14-1)15-11-24-40(39)37-18-9-16-35(32-37)36-17-10-19-38(33-36)53(46-27-13-31-50-52(46)44-23-5-8-29-48(44)55-50)45-26-6-3-21-41(45)42-25-12-30-49-51(42)43-22-4-7-28-47(43)54-49/h1-33H. The van der Waals surface area contributed by atoms with Gasteiger partial charge in [-0.15, -0.1) is 22.7 Å². The quantitative estimate of drug-likeness (QED) is 0.164. The van der Waals surface area contributed by atoms with Crippen LogP contribution in [0.15, 0.2) is 200 Å². The molecule has 55 heavy (non-hydrogen) atoms. The number of hydrogen-bond donors (Lipinski definition) is 0. The van der Waals surface area contributed by atoms with Crippen LogP contribution in [0.5, 0.6) is 0 Å². The van der Waals surface area contributed by atoms with Crippen molar-refractivity contribution < 1.29 is 0 Å². The predicted octanol–water partition coefficient (Wildman–Crippen LogP) is 16.0. The lowest BCUT2D eigenvalue weighted by Crippen LogP contribution is -2.11. The molecule has 258 valence electrons. The first-order valence-electron chi connectivity index (χ1n) is 18.7. The van der Waals surface area contributed by atoms with E-state index in [1.54, 1.807) is 0 Å². The lowest BCUT2D eigenvalue weighted by atomic mass is 9.94. The summed E-state index contributed by atoms with van der Waals surface area (Å²) in [6.07, 6.45) is 0. The van der Waals surface area contributed by atoms with Gasteiger partial charge in [0.25, 0.3) is 0 Å². The van der Waals surface area contributed by atoms with Crippen LogP contribution in [0, 0.1) is 0 Å². The van der Waals surface area contributed by atoms with E-state index in [1.807, 2.05) is 22.7 Å². The average molecular weight is 736 g/mol. The first-order valence-corrected chi connectivity index (χ1v) is 20.3. The number of thiophene rings is 2. The maximum atomic E-state index is 2.50. The van der Waals surface area contributed by atoms with Gasteiger partial charge in [-0.1, -0.05) is 146 Å². The Kier molecular flexibility index (Phi) is 7.61. The molecule has 3 heteroatoms. The van der Waals surface area contributed by atoms with Crippen LogP contribution in [0.1, 0.15) is 0 Å². The highest BCUT2D eigenvalue weighted by molar-refractivity contribution is 7.26. The molecular weight excluding hydrogens is 703 g/mol. The van der Waals surface area contributed by atoms with Crippen LogP contribution < -0.4 is 4.90 Å². The van der Waals surface area contributed by atoms with Crippen molar-refractivity contribution in [1.82, 2.24) is 0 Å². The second-order valence-electron chi connectivity index (χ2n) is 14.0. The molecule has 0 saturated carbocycles. The van der Waals surface area contributed by atoms with E-state index in [9.17, 15) is 0 Å². The van der Waals surface area contributed by atoms with Crippen LogP contribution in [0.2, 0.25) is 0 Å². The molecular formula is C52H33NS2. The molecule has 0 amide bonds. The van der Waals surface area contributed by atoms with E-state index in [4.69, 9.17) is 0 Å². The Morgan fingerprint density at radius 1 is 0.309 bits per heavy atom. The summed E-state index contributed by atoms with van der Waals surface area (Å²) in [5, 5.41) is 7.70. The minimum atomic E-state index is 1.12. The first kappa shape index (κ1) is 32.0. The summed E-state index contributed by atoms with van der Waals surface area (Å²) in [6, 6.07) is 73.5. The summed E-state index contributed by atoms with van der Waals surface area (Å²) in [7, 11) is 0. The molecule has 11 rings (SSSR count). The largest absolute Gasteiger partial charge is 0.309 e. The van der Waals surface area contributed by atoms with Gasteiger partial charge in [-0.25, -0.2) is 0 Å². The maximum absolute atomic E-state index is 2.50. The van der Waals surface area contributed by atoms with Gasteiger partial charge in [0.15, 0.2) is 0 Å². The van der Waals surface area contributed by atoms with Crippen LogP contribution >= 0.6 is 22.7 Å². The number of fused-ring (bicyclic) bond motifs is 7. The highest BCUT2D eigenvalue weighted by Gasteiger charge is 2.23. The van der Waals surface area contributed by atoms with Gasteiger partial charge in [-0.05, 0) is 93.2 Å². The molecule has 0 aliphatic heterocycles. The molecule has 2 heterocycles. The third-order valence-corrected chi connectivity index (χ3v) is 13.1.